The van der Waals surface area contributed by atoms with E-state index in [0.29, 0.717) is 6.54 Å². The van der Waals surface area contributed by atoms with Gasteiger partial charge in [-0.05, 0) is 29.0 Å². The van der Waals surface area contributed by atoms with Crippen molar-refractivity contribution in [2.24, 2.45) is 0 Å². The van der Waals surface area contributed by atoms with Gasteiger partial charge in [0.2, 0.25) is 0 Å². The van der Waals surface area contributed by atoms with E-state index in [0.717, 1.165) is 35.1 Å². The van der Waals surface area contributed by atoms with Gasteiger partial charge in [0.05, 0.1) is 6.54 Å². The molecule has 0 aliphatic carbocycles. The van der Waals surface area contributed by atoms with Crippen molar-refractivity contribution in [1.82, 2.24) is 9.88 Å². The SMILES string of the molecule is O=C(c1cccc2ccccc12)N1CC[C@@H](Oc2ccncc2)C1. The number of amides is 1. The minimum atomic E-state index is 0.0336. The maximum Gasteiger partial charge on any atom is 0.254 e. The van der Waals surface area contributed by atoms with Crippen LogP contribution >= 0.6 is 0 Å². The lowest BCUT2D eigenvalue weighted by atomic mass is 10.0. The molecule has 2 heterocycles. The van der Waals surface area contributed by atoms with Gasteiger partial charge in [-0.3, -0.25) is 9.78 Å². The van der Waals surface area contributed by atoms with Gasteiger partial charge in [0.25, 0.3) is 5.91 Å². The van der Waals surface area contributed by atoms with Gasteiger partial charge >= 0.3 is 0 Å². The summed E-state index contributed by atoms with van der Waals surface area (Å²) in [7, 11) is 0. The Bertz CT molecular complexity index is 858. The first-order chi connectivity index (χ1) is 11.8. The van der Waals surface area contributed by atoms with E-state index in [1.165, 1.54) is 0 Å². The maximum absolute atomic E-state index is 12.9. The van der Waals surface area contributed by atoms with E-state index >= 15 is 0 Å². The van der Waals surface area contributed by atoms with Crippen LogP contribution in [0.4, 0.5) is 0 Å². The standard InChI is InChI=1S/C20H18N2O2/c23-20(19-7-3-5-15-4-1-2-6-18(15)19)22-13-10-17(14-22)24-16-8-11-21-12-9-16/h1-9,11-12,17H,10,13-14H2/t17-/m1/s1. The molecule has 0 N–H and O–H groups in total. The van der Waals surface area contributed by atoms with Gasteiger partial charge in [0.1, 0.15) is 11.9 Å². The van der Waals surface area contributed by atoms with Crippen LogP contribution in [0.25, 0.3) is 10.8 Å². The van der Waals surface area contributed by atoms with E-state index in [4.69, 9.17) is 4.74 Å². The van der Waals surface area contributed by atoms with Crippen molar-refractivity contribution in [1.29, 1.82) is 0 Å². The molecule has 0 unspecified atom stereocenters. The number of rotatable bonds is 3. The molecule has 1 amide bonds. The quantitative estimate of drug-likeness (QED) is 0.742. The monoisotopic (exact) mass is 318 g/mol. The summed E-state index contributed by atoms with van der Waals surface area (Å²) in [5.74, 6) is 0.877. The first-order valence-electron chi connectivity index (χ1n) is 8.15. The number of carbonyl (C=O) groups excluding carboxylic acids is 1. The zero-order chi connectivity index (χ0) is 16.4. The second-order valence-electron chi connectivity index (χ2n) is 5.99. The molecular weight excluding hydrogens is 300 g/mol. The fourth-order valence-electron chi connectivity index (χ4n) is 3.20. The minimum Gasteiger partial charge on any atom is -0.488 e. The fourth-order valence-corrected chi connectivity index (χ4v) is 3.20. The van der Waals surface area contributed by atoms with Crippen LogP contribution in [0.5, 0.6) is 5.75 Å². The molecule has 3 aromatic rings. The number of pyridine rings is 1. The number of hydrogen-bond donors (Lipinski definition) is 0. The predicted molar refractivity (Wildman–Crippen MR) is 93.1 cm³/mol. The van der Waals surface area contributed by atoms with E-state index in [-0.39, 0.29) is 12.0 Å². The number of aromatic nitrogens is 1. The van der Waals surface area contributed by atoms with Crippen LogP contribution < -0.4 is 4.74 Å². The highest BCUT2D eigenvalue weighted by molar-refractivity contribution is 6.07. The smallest absolute Gasteiger partial charge is 0.254 e. The van der Waals surface area contributed by atoms with Gasteiger partial charge < -0.3 is 9.64 Å². The Hall–Kier alpha value is -2.88. The molecule has 120 valence electrons. The Kier molecular flexibility index (Phi) is 3.87. The van der Waals surface area contributed by atoms with Crippen LogP contribution in [0.2, 0.25) is 0 Å². The first kappa shape index (κ1) is 14.7. The van der Waals surface area contributed by atoms with Crippen molar-refractivity contribution in [2.75, 3.05) is 13.1 Å². The second-order valence-corrected chi connectivity index (χ2v) is 5.99. The van der Waals surface area contributed by atoms with Gasteiger partial charge in [0.15, 0.2) is 0 Å². The molecular formula is C20H18N2O2. The summed E-state index contributed by atoms with van der Waals surface area (Å²) in [6.45, 7) is 1.34. The molecule has 0 bridgehead atoms. The van der Waals surface area contributed by atoms with E-state index in [9.17, 15) is 4.79 Å². The highest BCUT2D eigenvalue weighted by Crippen LogP contribution is 2.23. The summed E-state index contributed by atoms with van der Waals surface area (Å²) < 4.78 is 5.95. The number of ether oxygens (including phenoxy) is 1. The molecule has 0 spiro atoms. The Labute approximate surface area is 140 Å². The van der Waals surface area contributed by atoms with Gasteiger partial charge in [-0.25, -0.2) is 0 Å². The van der Waals surface area contributed by atoms with E-state index in [1.54, 1.807) is 12.4 Å². The Morgan fingerprint density at radius 2 is 1.83 bits per heavy atom. The van der Waals surface area contributed by atoms with Crippen LogP contribution in [0.15, 0.2) is 67.0 Å². The fraction of sp³-hybridized carbons (Fsp3) is 0.200. The molecule has 4 rings (SSSR count). The zero-order valence-electron chi connectivity index (χ0n) is 13.3. The van der Waals surface area contributed by atoms with Crippen LogP contribution in [0, 0.1) is 0 Å². The lowest BCUT2D eigenvalue weighted by Gasteiger charge is -2.18. The number of benzene rings is 2. The van der Waals surface area contributed by atoms with Gasteiger partial charge in [-0.2, -0.15) is 0 Å². The number of carbonyl (C=O) groups is 1. The molecule has 4 nitrogen and oxygen atoms in total. The van der Waals surface area contributed by atoms with Crippen LogP contribution in [-0.4, -0.2) is 35.0 Å². The summed E-state index contributed by atoms with van der Waals surface area (Å²) in [4.78, 5) is 18.8. The topological polar surface area (TPSA) is 42.4 Å². The molecule has 1 atom stereocenters. The number of fused-ring (bicyclic) bond motifs is 1. The third-order valence-electron chi connectivity index (χ3n) is 4.40. The average molecular weight is 318 g/mol. The molecule has 1 aliphatic rings. The van der Waals surface area contributed by atoms with Crippen molar-refractivity contribution < 1.29 is 9.53 Å². The lowest BCUT2D eigenvalue weighted by Crippen LogP contribution is -2.31. The normalized spacial score (nSPS) is 17.2. The lowest BCUT2D eigenvalue weighted by molar-refractivity contribution is 0.0774. The Morgan fingerprint density at radius 1 is 1.04 bits per heavy atom. The van der Waals surface area contributed by atoms with Gasteiger partial charge in [0, 0.05) is 30.9 Å². The molecule has 1 aromatic heterocycles. The van der Waals surface area contributed by atoms with Crippen LogP contribution in [0.3, 0.4) is 0 Å². The highest BCUT2D eigenvalue weighted by atomic mass is 16.5. The Morgan fingerprint density at radius 3 is 2.71 bits per heavy atom. The summed E-state index contributed by atoms with van der Waals surface area (Å²) in [5.41, 5.74) is 0.762. The minimum absolute atomic E-state index is 0.0336. The van der Waals surface area contributed by atoms with Crippen molar-refractivity contribution >= 4 is 16.7 Å². The van der Waals surface area contributed by atoms with Crippen molar-refractivity contribution in [3.05, 3.63) is 72.6 Å². The van der Waals surface area contributed by atoms with Crippen LogP contribution in [0.1, 0.15) is 16.8 Å². The second kappa shape index (κ2) is 6.32. The number of likely N-dealkylation sites (tertiary alicyclic amines) is 1. The zero-order valence-corrected chi connectivity index (χ0v) is 13.3. The molecule has 1 aliphatic heterocycles. The summed E-state index contributed by atoms with van der Waals surface area (Å²) in [6, 6.07) is 17.6. The largest absolute Gasteiger partial charge is 0.488 e. The van der Waals surface area contributed by atoms with Gasteiger partial charge in [-0.15, -0.1) is 0 Å². The average Bonchev–Trinajstić information content (AvgIpc) is 3.10. The number of nitrogens with zero attached hydrogens (tertiary/aromatic N) is 2. The highest BCUT2D eigenvalue weighted by Gasteiger charge is 2.28. The molecule has 24 heavy (non-hydrogen) atoms. The number of hydrogen-bond acceptors (Lipinski definition) is 3. The third-order valence-corrected chi connectivity index (χ3v) is 4.40. The molecule has 1 saturated heterocycles. The van der Waals surface area contributed by atoms with Crippen molar-refractivity contribution in [3.63, 3.8) is 0 Å². The first-order valence-corrected chi connectivity index (χ1v) is 8.15. The van der Waals surface area contributed by atoms with Gasteiger partial charge in [-0.1, -0.05) is 36.4 Å². The van der Waals surface area contributed by atoms with E-state index in [2.05, 4.69) is 4.98 Å². The maximum atomic E-state index is 12.9. The van der Waals surface area contributed by atoms with Crippen molar-refractivity contribution in [2.45, 2.75) is 12.5 Å². The molecule has 0 saturated carbocycles. The summed E-state index contributed by atoms with van der Waals surface area (Å²) >= 11 is 0. The van der Waals surface area contributed by atoms with E-state index in [1.807, 2.05) is 59.5 Å². The van der Waals surface area contributed by atoms with E-state index < -0.39 is 0 Å². The molecule has 1 fully saturated rings. The molecule has 0 radical (unpaired) electrons. The summed E-state index contributed by atoms with van der Waals surface area (Å²) in [6.07, 6.45) is 4.30. The molecule has 4 heteroatoms. The Balaban J connectivity index is 1.51. The van der Waals surface area contributed by atoms with Crippen molar-refractivity contribution in [3.8, 4) is 5.75 Å². The summed E-state index contributed by atoms with van der Waals surface area (Å²) in [5, 5.41) is 2.09. The third kappa shape index (κ3) is 2.83. The molecule has 2 aromatic carbocycles. The predicted octanol–water partition coefficient (Wildman–Crippen LogP) is 3.53. The van der Waals surface area contributed by atoms with Crippen LogP contribution in [-0.2, 0) is 0 Å².